The molecular weight excluding hydrogens is 484 g/mol. The lowest BCUT2D eigenvalue weighted by Crippen LogP contribution is -2.44. The monoisotopic (exact) mass is 504 g/mol. The van der Waals surface area contributed by atoms with Gasteiger partial charge in [-0.05, 0) is 48.8 Å². The number of fused-ring (bicyclic) bond motifs is 1. The Labute approximate surface area is 191 Å². The minimum atomic E-state index is -1.32. The van der Waals surface area contributed by atoms with Gasteiger partial charge in [-0.1, -0.05) is 12.1 Å². The summed E-state index contributed by atoms with van der Waals surface area (Å²) in [5.74, 6) is -1.26. The Morgan fingerprint density at radius 2 is 2.03 bits per heavy atom. The summed E-state index contributed by atoms with van der Waals surface area (Å²) >= 11 is 3.39. The Balaban J connectivity index is 2.07. The zero-order chi connectivity index (χ0) is 23.6. The van der Waals surface area contributed by atoms with Crippen LogP contribution in [0.15, 0.2) is 47.1 Å². The van der Waals surface area contributed by atoms with E-state index in [1.165, 1.54) is 18.2 Å². The summed E-state index contributed by atoms with van der Waals surface area (Å²) in [7, 11) is 0. The molecule has 0 fully saturated rings. The van der Waals surface area contributed by atoms with Crippen LogP contribution in [-0.2, 0) is 16.0 Å². The second kappa shape index (κ2) is 8.95. The number of hydrogen-bond acceptors (Lipinski definition) is 6. The number of halogens is 1. The third kappa shape index (κ3) is 5.41. The molecule has 0 radical (unpaired) electrons. The molecule has 0 bridgehead atoms. The maximum absolute atomic E-state index is 12.2. The number of rotatable bonds is 6. The number of hydrogen-bond donors (Lipinski definition) is 2. The topological polar surface area (TPSA) is 136 Å². The van der Waals surface area contributed by atoms with Gasteiger partial charge in [0.05, 0.1) is 16.3 Å². The number of carbonyl (C=O) groups excluding carboxylic acids is 1. The molecule has 1 atom stereocenters. The predicted molar refractivity (Wildman–Crippen MR) is 119 cm³/mol. The number of pyridine rings is 1. The van der Waals surface area contributed by atoms with Crippen molar-refractivity contribution in [3.05, 3.63) is 62.9 Å². The van der Waals surface area contributed by atoms with Crippen molar-refractivity contribution in [1.82, 2.24) is 14.7 Å². The van der Waals surface area contributed by atoms with Crippen LogP contribution in [0.1, 0.15) is 26.5 Å². The average molecular weight is 505 g/mol. The van der Waals surface area contributed by atoms with Crippen LogP contribution in [0, 0.1) is 10.1 Å². The third-order valence-corrected chi connectivity index (χ3v) is 4.87. The summed E-state index contributed by atoms with van der Waals surface area (Å²) in [4.78, 5) is 39.4. The number of aromatic nitrogens is 2. The van der Waals surface area contributed by atoms with E-state index < -0.39 is 28.6 Å². The lowest BCUT2D eigenvalue weighted by atomic mass is 10.0. The van der Waals surface area contributed by atoms with E-state index in [1.54, 1.807) is 49.6 Å². The molecular formula is C21H21BrN4O6. The summed E-state index contributed by atoms with van der Waals surface area (Å²) in [6.07, 6.45) is 0.714. The van der Waals surface area contributed by atoms with Gasteiger partial charge < -0.3 is 19.6 Å². The van der Waals surface area contributed by atoms with Crippen LogP contribution in [0.4, 0.5) is 10.5 Å². The van der Waals surface area contributed by atoms with E-state index in [1.807, 2.05) is 0 Å². The zero-order valence-electron chi connectivity index (χ0n) is 17.5. The highest BCUT2D eigenvalue weighted by Gasteiger charge is 2.27. The number of carboxylic acid groups (broad SMARTS) is 1. The Morgan fingerprint density at radius 3 is 2.66 bits per heavy atom. The number of carbonyl (C=O) groups is 2. The van der Waals surface area contributed by atoms with Gasteiger partial charge in [0.15, 0.2) is 0 Å². The van der Waals surface area contributed by atoms with Crippen LogP contribution < -0.4 is 5.32 Å². The first kappa shape index (κ1) is 23.2. The van der Waals surface area contributed by atoms with E-state index in [2.05, 4.69) is 26.2 Å². The Kier molecular flexibility index (Phi) is 6.49. The number of nitro benzene ring substituents is 1. The Bertz CT molecular complexity index is 1200. The van der Waals surface area contributed by atoms with Crippen molar-refractivity contribution >= 4 is 39.3 Å². The van der Waals surface area contributed by atoms with Gasteiger partial charge in [0.1, 0.15) is 17.3 Å². The molecule has 168 valence electrons. The highest BCUT2D eigenvalue weighted by Crippen LogP contribution is 2.29. The van der Waals surface area contributed by atoms with E-state index in [0.29, 0.717) is 22.6 Å². The number of amides is 1. The number of alkyl carbamates (subject to hydrolysis) is 1. The van der Waals surface area contributed by atoms with Crippen molar-refractivity contribution in [3.63, 3.8) is 0 Å². The van der Waals surface area contributed by atoms with Crippen molar-refractivity contribution in [2.45, 2.75) is 38.8 Å². The van der Waals surface area contributed by atoms with E-state index >= 15 is 0 Å². The fourth-order valence-electron chi connectivity index (χ4n) is 3.10. The van der Waals surface area contributed by atoms with Crippen LogP contribution in [0.25, 0.3) is 16.9 Å². The van der Waals surface area contributed by atoms with E-state index in [9.17, 15) is 24.8 Å². The van der Waals surface area contributed by atoms with Gasteiger partial charge in [0.2, 0.25) is 0 Å². The van der Waals surface area contributed by atoms with Gasteiger partial charge in [-0.3, -0.25) is 10.1 Å². The molecule has 0 aliphatic carbocycles. The van der Waals surface area contributed by atoms with Crippen LogP contribution in [0.2, 0.25) is 0 Å². The SMILES string of the molecule is CC(C)(C)OC(=O)NC(Cc1c(-c2cccc([N+](=O)[O-])c2)nc2ccc(Br)cn12)C(=O)O. The van der Waals surface area contributed by atoms with E-state index in [4.69, 9.17) is 4.74 Å². The standard InChI is InChI=1S/C21H21BrN4O6/c1-21(2,3)32-20(29)23-15(19(27)28)10-16-18(12-5-4-6-14(9-12)26(30)31)24-17-8-7-13(22)11-25(16)17/h4-9,11,15H,10H2,1-3H3,(H,23,29)(H,27,28). The van der Waals surface area contributed by atoms with E-state index in [0.717, 1.165) is 4.47 Å². The molecule has 2 heterocycles. The lowest BCUT2D eigenvalue weighted by molar-refractivity contribution is -0.384. The molecule has 11 heteroatoms. The summed E-state index contributed by atoms with van der Waals surface area (Å²) in [6.45, 7) is 5.01. The maximum Gasteiger partial charge on any atom is 0.408 e. The number of aliphatic carboxylic acids is 1. The Hall–Kier alpha value is -3.47. The summed E-state index contributed by atoms with van der Waals surface area (Å²) < 4.78 is 7.59. The number of imidazole rings is 1. The van der Waals surface area contributed by atoms with Crippen LogP contribution >= 0.6 is 15.9 Å². The van der Waals surface area contributed by atoms with Crippen LogP contribution in [-0.4, -0.2) is 43.1 Å². The molecule has 0 aliphatic rings. The molecule has 0 saturated heterocycles. The van der Waals surface area contributed by atoms with Gasteiger partial charge in [0, 0.05) is 34.8 Å². The largest absolute Gasteiger partial charge is 0.480 e. The third-order valence-electron chi connectivity index (χ3n) is 4.40. The molecule has 10 nitrogen and oxygen atoms in total. The summed E-state index contributed by atoms with van der Waals surface area (Å²) in [6, 6.07) is 8.11. The Morgan fingerprint density at radius 1 is 1.31 bits per heavy atom. The minimum Gasteiger partial charge on any atom is -0.480 e. The number of non-ortho nitro benzene ring substituents is 1. The molecule has 1 amide bonds. The first-order valence-corrected chi connectivity index (χ1v) is 10.4. The van der Waals surface area contributed by atoms with Crippen LogP contribution in [0.3, 0.4) is 0 Å². The van der Waals surface area contributed by atoms with Crippen molar-refractivity contribution in [1.29, 1.82) is 0 Å². The number of benzene rings is 1. The smallest absolute Gasteiger partial charge is 0.408 e. The van der Waals surface area contributed by atoms with Gasteiger partial charge in [0.25, 0.3) is 5.69 Å². The number of nitrogens with one attached hydrogen (secondary N) is 1. The van der Waals surface area contributed by atoms with Crippen molar-refractivity contribution in [2.75, 3.05) is 0 Å². The van der Waals surface area contributed by atoms with Gasteiger partial charge >= 0.3 is 12.1 Å². The number of carboxylic acids is 1. The summed E-state index contributed by atoms with van der Waals surface area (Å²) in [5.41, 5.74) is 0.902. The molecule has 0 spiro atoms. The second-order valence-electron chi connectivity index (χ2n) is 8.03. The molecule has 2 N–H and O–H groups in total. The molecule has 3 rings (SSSR count). The summed E-state index contributed by atoms with van der Waals surface area (Å²) in [5, 5.41) is 23.3. The predicted octanol–water partition coefficient (Wildman–Crippen LogP) is 4.19. The quantitative estimate of drug-likeness (QED) is 0.379. The minimum absolute atomic E-state index is 0.117. The molecule has 32 heavy (non-hydrogen) atoms. The number of nitrogens with zero attached hydrogens (tertiary/aromatic N) is 3. The first-order chi connectivity index (χ1) is 14.9. The van der Waals surface area contributed by atoms with E-state index in [-0.39, 0.29) is 12.1 Å². The molecule has 3 aromatic rings. The molecule has 2 aromatic heterocycles. The molecule has 1 unspecified atom stereocenters. The average Bonchev–Trinajstić information content (AvgIpc) is 3.03. The maximum atomic E-state index is 12.2. The van der Waals surface area contributed by atoms with Gasteiger partial charge in [-0.2, -0.15) is 0 Å². The first-order valence-electron chi connectivity index (χ1n) is 9.58. The fourth-order valence-corrected chi connectivity index (χ4v) is 3.44. The molecule has 1 aromatic carbocycles. The molecule has 0 saturated carbocycles. The zero-order valence-corrected chi connectivity index (χ0v) is 19.1. The van der Waals surface area contributed by atoms with Crippen molar-refractivity contribution < 1.29 is 24.4 Å². The number of ether oxygens (including phenoxy) is 1. The highest BCUT2D eigenvalue weighted by atomic mass is 79.9. The lowest BCUT2D eigenvalue weighted by Gasteiger charge is -2.22. The van der Waals surface area contributed by atoms with Crippen molar-refractivity contribution in [2.24, 2.45) is 0 Å². The van der Waals surface area contributed by atoms with Crippen LogP contribution in [0.5, 0.6) is 0 Å². The highest BCUT2D eigenvalue weighted by molar-refractivity contribution is 9.10. The molecule has 0 aliphatic heterocycles. The fraction of sp³-hybridized carbons (Fsp3) is 0.286. The van der Waals surface area contributed by atoms with Gasteiger partial charge in [-0.25, -0.2) is 14.6 Å². The second-order valence-corrected chi connectivity index (χ2v) is 8.95. The van der Waals surface area contributed by atoms with Gasteiger partial charge in [-0.15, -0.1) is 0 Å². The number of nitro groups is 1. The van der Waals surface area contributed by atoms with Crippen molar-refractivity contribution in [3.8, 4) is 11.3 Å². The normalized spacial score (nSPS) is 12.4.